The number of ether oxygens (including phenoxy) is 1. The van der Waals surface area contributed by atoms with Gasteiger partial charge in [-0.1, -0.05) is 6.92 Å². The number of hydrogen-bond acceptors (Lipinski definition) is 5. The number of piperazine rings is 1. The standard InChI is InChI=1S/C14H30N2O3/c1-3-13(17)11-15-6-8-16(9-7-15)12-14(18)5-10-19-4-2/h13-14,17-18H,3-12H2,1-2H3. The Bertz CT molecular complexity index is 221. The highest BCUT2D eigenvalue weighted by molar-refractivity contribution is 4.75. The van der Waals surface area contributed by atoms with Gasteiger partial charge in [-0.25, -0.2) is 0 Å². The minimum atomic E-state index is -0.292. The van der Waals surface area contributed by atoms with E-state index in [1.165, 1.54) is 0 Å². The summed E-state index contributed by atoms with van der Waals surface area (Å²) in [5.74, 6) is 0. The highest BCUT2D eigenvalue weighted by Gasteiger charge is 2.20. The van der Waals surface area contributed by atoms with Gasteiger partial charge >= 0.3 is 0 Å². The first-order chi connectivity index (χ1) is 9.15. The number of β-amino-alcohol motifs (C(OH)–C–C–N with tert-alkyl or cyclic N) is 2. The van der Waals surface area contributed by atoms with Gasteiger partial charge in [0.25, 0.3) is 0 Å². The van der Waals surface area contributed by atoms with Crippen LogP contribution in [0.25, 0.3) is 0 Å². The minimum absolute atomic E-state index is 0.205. The second kappa shape index (κ2) is 9.66. The van der Waals surface area contributed by atoms with Crippen molar-refractivity contribution in [3.05, 3.63) is 0 Å². The van der Waals surface area contributed by atoms with Crippen LogP contribution in [0.3, 0.4) is 0 Å². The summed E-state index contributed by atoms with van der Waals surface area (Å²) in [7, 11) is 0. The quantitative estimate of drug-likeness (QED) is 0.587. The summed E-state index contributed by atoms with van der Waals surface area (Å²) in [6.07, 6.45) is 1.03. The predicted octanol–water partition coefficient (Wildman–Crippen LogP) is 0.162. The van der Waals surface area contributed by atoms with Crippen molar-refractivity contribution in [3.8, 4) is 0 Å². The Labute approximate surface area is 117 Å². The number of aliphatic hydroxyl groups excluding tert-OH is 2. The molecule has 1 aliphatic heterocycles. The molecule has 0 aliphatic carbocycles. The van der Waals surface area contributed by atoms with Gasteiger partial charge in [0.1, 0.15) is 0 Å². The van der Waals surface area contributed by atoms with Crippen LogP contribution < -0.4 is 0 Å². The molecule has 0 saturated carbocycles. The second-order valence-corrected chi connectivity index (χ2v) is 5.30. The lowest BCUT2D eigenvalue weighted by atomic mass is 10.2. The molecule has 1 saturated heterocycles. The summed E-state index contributed by atoms with van der Waals surface area (Å²) in [4.78, 5) is 4.60. The monoisotopic (exact) mass is 274 g/mol. The molecule has 0 spiro atoms. The largest absolute Gasteiger partial charge is 0.392 e. The molecule has 1 fully saturated rings. The molecule has 1 heterocycles. The third kappa shape index (κ3) is 7.22. The van der Waals surface area contributed by atoms with Crippen molar-refractivity contribution in [2.24, 2.45) is 0 Å². The number of hydrogen-bond donors (Lipinski definition) is 2. The fourth-order valence-corrected chi connectivity index (χ4v) is 2.33. The minimum Gasteiger partial charge on any atom is -0.392 e. The van der Waals surface area contributed by atoms with Crippen molar-refractivity contribution >= 4 is 0 Å². The van der Waals surface area contributed by atoms with E-state index in [-0.39, 0.29) is 12.2 Å². The lowest BCUT2D eigenvalue weighted by Crippen LogP contribution is -2.50. The first-order valence-corrected chi connectivity index (χ1v) is 7.54. The van der Waals surface area contributed by atoms with E-state index in [0.717, 1.165) is 45.7 Å². The van der Waals surface area contributed by atoms with Crippen molar-refractivity contribution < 1.29 is 14.9 Å². The molecule has 114 valence electrons. The average Bonchev–Trinajstić information content (AvgIpc) is 2.41. The predicted molar refractivity (Wildman–Crippen MR) is 76.3 cm³/mol. The maximum Gasteiger partial charge on any atom is 0.0689 e. The van der Waals surface area contributed by atoms with Crippen LogP contribution in [0, 0.1) is 0 Å². The zero-order chi connectivity index (χ0) is 14.1. The van der Waals surface area contributed by atoms with Crippen LogP contribution in [0.5, 0.6) is 0 Å². The average molecular weight is 274 g/mol. The SMILES string of the molecule is CCOCCC(O)CN1CCN(CC(O)CC)CC1. The van der Waals surface area contributed by atoms with Gasteiger partial charge < -0.3 is 14.9 Å². The third-order valence-corrected chi connectivity index (χ3v) is 3.67. The van der Waals surface area contributed by atoms with Crippen LogP contribution in [0.2, 0.25) is 0 Å². The van der Waals surface area contributed by atoms with Gasteiger partial charge in [-0.05, 0) is 19.8 Å². The Balaban J connectivity index is 2.12. The molecule has 2 unspecified atom stereocenters. The molecule has 5 nitrogen and oxygen atoms in total. The fraction of sp³-hybridized carbons (Fsp3) is 1.00. The lowest BCUT2D eigenvalue weighted by molar-refractivity contribution is 0.0337. The van der Waals surface area contributed by atoms with E-state index < -0.39 is 0 Å². The number of nitrogens with zero attached hydrogens (tertiary/aromatic N) is 2. The van der Waals surface area contributed by atoms with Gasteiger partial charge in [0.15, 0.2) is 0 Å². The van der Waals surface area contributed by atoms with E-state index in [2.05, 4.69) is 9.80 Å². The molecular formula is C14H30N2O3. The molecule has 1 aliphatic rings. The van der Waals surface area contributed by atoms with Crippen LogP contribution in [-0.4, -0.2) is 84.7 Å². The van der Waals surface area contributed by atoms with Crippen LogP contribution in [-0.2, 0) is 4.74 Å². The molecule has 0 amide bonds. The maximum absolute atomic E-state index is 9.90. The zero-order valence-corrected chi connectivity index (χ0v) is 12.4. The Kier molecular flexibility index (Phi) is 8.57. The molecule has 2 atom stereocenters. The molecule has 2 N–H and O–H groups in total. The number of rotatable bonds is 9. The van der Waals surface area contributed by atoms with E-state index >= 15 is 0 Å². The molecule has 5 heteroatoms. The Hall–Kier alpha value is -0.200. The summed E-state index contributed by atoms with van der Waals surface area (Å²) in [5.41, 5.74) is 0. The zero-order valence-electron chi connectivity index (χ0n) is 12.4. The first kappa shape index (κ1) is 16.9. The van der Waals surface area contributed by atoms with Crippen LogP contribution in [0.15, 0.2) is 0 Å². The van der Waals surface area contributed by atoms with Crippen LogP contribution >= 0.6 is 0 Å². The van der Waals surface area contributed by atoms with E-state index in [9.17, 15) is 10.2 Å². The molecule has 0 radical (unpaired) electrons. The van der Waals surface area contributed by atoms with Gasteiger partial charge in [0, 0.05) is 52.5 Å². The smallest absolute Gasteiger partial charge is 0.0689 e. The second-order valence-electron chi connectivity index (χ2n) is 5.30. The van der Waals surface area contributed by atoms with Gasteiger partial charge in [0.2, 0.25) is 0 Å². The molecule has 0 aromatic carbocycles. The maximum atomic E-state index is 9.90. The van der Waals surface area contributed by atoms with E-state index in [4.69, 9.17) is 4.74 Å². The highest BCUT2D eigenvalue weighted by Crippen LogP contribution is 2.06. The summed E-state index contributed by atoms with van der Waals surface area (Å²) in [6, 6.07) is 0. The molecule has 0 aromatic heterocycles. The summed E-state index contributed by atoms with van der Waals surface area (Å²) < 4.78 is 5.25. The van der Waals surface area contributed by atoms with E-state index in [1.54, 1.807) is 0 Å². The Morgan fingerprint density at radius 3 is 1.95 bits per heavy atom. The molecule has 19 heavy (non-hydrogen) atoms. The Morgan fingerprint density at radius 1 is 0.947 bits per heavy atom. The molecule has 0 bridgehead atoms. The van der Waals surface area contributed by atoms with Crippen LogP contribution in [0.1, 0.15) is 26.7 Å². The molecule has 0 aromatic rings. The van der Waals surface area contributed by atoms with Gasteiger partial charge in [-0.2, -0.15) is 0 Å². The van der Waals surface area contributed by atoms with Crippen molar-refractivity contribution in [1.82, 2.24) is 9.80 Å². The third-order valence-electron chi connectivity index (χ3n) is 3.67. The van der Waals surface area contributed by atoms with Crippen molar-refractivity contribution in [2.45, 2.75) is 38.9 Å². The van der Waals surface area contributed by atoms with Crippen molar-refractivity contribution in [2.75, 3.05) is 52.5 Å². The number of aliphatic hydroxyl groups is 2. The summed E-state index contributed by atoms with van der Waals surface area (Å²) in [6.45, 7) is 10.8. The Morgan fingerprint density at radius 2 is 1.47 bits per heavy atom. The summed E-state index contributed by atoms with van der Waals surface area (Å²) in [5, 5.41) is 19.5. The van der Waals surface area contributed by atoms with Gasteiger partial charge in [-0.15, -0.1) is 0 Å². The van der Waals surface area contributed by atoms with E-state index in [1.807, 2.05) is 13.8 Å². The van der Waals surface area contributed by atoms with Gasteiger partial charge in [-0.3, -0.25) is 9.80 Å². The van der Waals surface area contributed by atoms with E-state index in [0.29, 0.717) is 19.6 Å². The topological polar surface area (TPSA) is 56.2 Å². The molecular weight excluding hydrogens is 244 g/mol. The van der Waals surface area contributed by atoms with Gasteiger partial charge in [0.05, 0.1) is 12.2 Å². The first-order valence-electron chi connectivity index (χ1n) is 7.54. The highest BCUT2D eigenvalue weighted by atomic mass is 16.5. The lowest BCUT2D eigenvalue weighted by Gasteiger charge is -2.36. The van der Waals surface area contributed by atoms with Crippen molar-refractivity contribution in [1.29, 1.82) is 0 Å². The molecule has 1 rings (SSSR count). The summed E-state index contributed by atoms with van der Waals surface area (Å²) >= 11 is 0. The normalized spacial score (nSPS) is 21.5. The fourth-order valence-electron chi connectivity index (χ4n) is 2.33. The van der Waals surface area contributed by atoms with Crippen LogP contribution in [0.4, 0.5) is 0 Å². The van der Waals surface area contributed by atoms with Crippen molar-refractivity contribution in [3.63, 3.8) is 0 Å².